The van der Waals surface area contributed by atoms with Crippen LogP contribution >= 0.6 is 31.9 Å². The van der Waals surface area contributed by atoms with Crippen molar-refractivity contribution in [2.75, 3.05) is 0 Å². The van der Waals surface area contributed by atoms with Gasteiger partial charge in [-0.15, -0.1) is 0 Å². The molecule has 0 bridgehead atoms. The van der Waals surface area contributed by atoms with Crippen LogP contribution in [0.25, 0.3) is 23.3 Å². The Morgan fingerprint density at radius 1 is 0.583 bits per heavy atom. The SMILES string of the molecule is O=C(C(Br)C1=C2C=CC=CC2C=Cc2ccccc21)C(Br)C1=C2C=CC=CC2C=Cc2ccccc21. The molecule has 0 saturated carbocycles. The van der Waals surface area contributed by atoms with Crippen LogP contribution in [0.5, 0.6) is 0 Å². The van der Waals surface area contributed by atoms with E-state index < -0.39 is 9.65 Å². The maximum atomic E-state index is 14.3. The second-order valence-corrected chi connectivity index (χ2v) is 11.1. The van der Waals surface area contributed by atoms with Crippen molar-refractivity contribution in [3.8, 4) is 0 Å². The molecule has 36 heavy (non-hydrogen) atoms. The van der Waals surface area contributed by atoms with Crippen LogP contribution in [0.3, 0.4) is 0 Å². The zero-order chi connectivity index (χ0) is 24.6. The van der Waals surface area contributed by atoms with Crippen LogP contribution in [0.15, 0.2) is 120 Å². The fourth-order valence-electron chi connectivity index (χ4n) is 5.47. The van der Waals surface area contributed by atoms with Crippen molar-refractivity contribution in [2.24, 2.45) is 11.8 Å². The van der Waals surface area contributed by atoms with Gasteiger partial charge in [-0.05, 0) is 44.5 Å². The minimum absolute atomic E-state index is 0.0943. The number of hydrogen-bond donors (Lipinski definition) is 0. The van der Waals surface area contributed by atoms with E-state index in [0.29, 0.717) is 0 Å². The number of alkyl halides is 2. The fourth-order valence-corrected chi connectivity index (χ4v) is 7.37. The Morgan fingerprint density at radius 2 is 1.03 bits per heavy atom. The normalized spacial score (nSPS) is 22.8. The van der Waals surface area contributed by atoms with E-state index in [-0.39, 0.29) is 17.6 Å². The molecule has 1 nitrogen and oxygen atoms in total. The molecule has 0 spiro atoms. The summed E-state index contributed by atoms with van der Waals surface area (Å²) in [5, 5.41) is 0. The second kappa shape index (κ2) is 9.80. The summed E-state index contributed by atoms with van der Waals surface area (Å²) < 4.78 is 0. The van der Waals surface area contributed by atoms with Gasteiger partial charge in [-0.2, -0.15) is 0 Å². The maximum Gasteiger partial charge on any atom is 0.168 e. The molecule has 0 heterocycles. The molecule has 3 heteroatoms. The lowest BCUT2D eigenvalue weighted by Crippen LogP contribution is -2.28. The Hall–Kier alpha value is -3.01. The van der Waals surface area contributed by atoms with Crippen LogP contribution in [-0.2, 0) is 4.79 Å². The summed E-state index contributed by atoms with van der Waals surface area (Å²) in [6, 6.07) is 16.7. The summed E-state index contributed by atoms with van der Waals surface area (Å²) in [6.45, 7) is 0. The van der Waals surface area contributed by atoms with Crippen LogP contribution in [0.1, 0.15) is 22.3 Å². The summed E-state index contributed by atoms with van der Waals surface area (Å²) in [5.74, 6) is 0.371. The van der Waals surface area contributed by atoms with E-state index in [1.54, 1.807) is 0 Å². The molecule has 0 aromatic heterocycles. The summed E-state index contributed by atoms with van der Waals surface area (Å²) >= 11 is 7.79. The van der Waals surface area contributed by atoms with Crippen molar-refractivity contribution in [3.63, 3.8) is 0 Å². The van der Waals surface area contributed by atoms with Crippen molar-refractivity contribution in [1.82, 2.24) is 0 Å². The van der Waals surface area contributed by atoms with E-state index >= 15 is 0 Å². The molecule has 4 aliphatic rings. The Morgan fingerprint density at radius 3 is 1.50 bits per heavy atom. The zero-order valence-corrected chi connectivity index (χ0v) is 22.7. The van der Waals surface area contributed by atoms with Crippen LogP contribution < -0.4 is 0 Å². The first-order chi connectivity index (χ1) is 17.6. The number of Topliss-reactive ketones (excluding diaryl/α,β-unsaturated/α-hetero) is 1. The topological polar surface area (TPSA) is 17.1 Å². The van der Waals surface area contributed by atoms with E-state index in [4.69, 9.17) is 0 Å². The van der Waals surface area contributed by atoms with Gasteiger partial charge >= 0.3 is 0 Å². The molecule has 4 aliphatic carbocycles. The van der Waals surface area contributed by atoms with Gasteiger partial charge in [0.15, 0.2) is 5.78 Å². The smallest absolute Gasteiger partial charge is 0.168 e. The lowest BCUT2D eigenvalue weighted by atomic mass is 9.83. The van der Waals surface area contributed by atoms with E-state index in [1.807, 2.05) is 12.1 Å². The number of allylic oxidation sites excluding steroid dienone is 14. The molecule has 176 valence electrons. The number of carbonyl (C=O) groups excluding carboxylic acids is 1. The molecule has 0 saturated heterocycles. The molecule has 0 radical (unpaired) electrons. The number of fused-ring (bicyclic) bond motifs is 4. The standard InChI is InChI=1S/C33H24Br2O/c34-31(29-25-13-5-1-9-21(25)17-18-22-10-2-6-14-26(22)29)33(36)32(35)30-27-15-7-3-11-23(27)19-20-24-12-4-8-16-28(24)30/h1-21,23,31-32H. The van der Waals surface area contributed by atoms with Crippen molar-refractivity contribution in [3.05, 3.63) is 143 Å². The molecule has 0 fully saturated rings. The molecule has 2 aromatic rings. The van der Waals surface area contributed by atoms with Gasteiger partial charge < -0.3 is 0 Å². The zero-order valence-electron chi connectivity index (χ0n) is 19.5. The van der Waals surface area contributed by atoms with Crippen molar-refractivity contribution < 1.29 is 4.79 Å². The van der Waals surface area contributed by atoms with E-state index in [2.05, 4.69) is 141 Å². The van der Waals surface area contributed by atoms with Crippen molar-refractivity contribution in [2.45, 2.75) is 9.65 Å². The van der Waals surface area contributed by atoms with Gasteiger partial charge in [0, 0.05) is 11.8 Å². The number of benzene rings is 2. The number of hydrogen-bond acceptors (Lipinski definition) is 1. The third-order valence-electron chi connectivity index (χ3n) is 7.23. The minimum Gasteiger partial charge on any atom is -0.296 e. The predicted octanol–water partition coefficient (Wildman–Crippen LogP) is 8.53. The Labute approximate surface area is 229 Å². The highest BCUT2D eigenvalue weighted by atomic mass is 79.9. The molecular formula is C33H24Br2O. The van der Waals surface area contributed by atoms with Crippen LogP contribution in [0.2, 0.25) is 0 Å². The van der Waals surface area contributed by atoms with Crippen LogP contribution in [-0.4, -0.2) is 15.4 Å². The highest BCUT2D eigenvalue weighted by Gasteiger charge is 2.35. The Balaban J connectivity index is 1.47. The Bertz CT molecular complexity index is 1380. The number of carbonyl (C=O) groups is 1. The van der Waals surface area contributed by atoms with Gasteiger partial charge in [0.25, 0.3) is 0 Å². The third kappa shape index (κ3) is 4.05. The predicted molar refractivity (Wildman–Crippen MR) is 159 cm³/mol. The van der Waals surface area contributed by atoms with Gasteiger partial charge in [-0.1, -0.05) is 153 Å². The minimum atomic E-state index is -0.477. The van der Waals surface area contributed by atoms with Gasteiger partial charge in [0.05, 0.1) is 0 Å². The van der Waals surface area contributed by atoms with E-state index in [0.717, 1.165) is 44.5 Å². The number of rotatable bonds is 4. The average molecular weight is 596 g/mol. The van der Waals surface area contributed by atoms with Crippen molar-refractivity contribution >= 4 is 60.9 Å². The molecular weight excluding hydrogens is 572 g/mol. The van der Waals surface area contributed by atoms with Crippen LogP contribution in [0, 0.1) is 11.8 Å². The molecule has 2 aromatic carbocycles. The summed E-state index contributed by atoms with van der Waals surface area (Å²) in [5.41, 5.74) is 8.85. The largest absolute Gasteiger partial charge is 0.296 e. The number of ketones is 1. The molecule has 0 N–H and O–H groups in total. The monoisotopic (exact) mass is 594 g/mol. The number of halogens is 2. The fraction of sp³-hybridized carbons (Fsp3) is 0.121. The second-order valence-electron chi connectivity index (χ2n) is 9.30. The van der Waals surface area contributed by atoms with Crippen LogP contribution in [0.4, 0.5) is 0 Å². The van der Waals surface area contributed by atoms with Crippen molar-refractivity contribution in [1.29, 1.82) is 0 Å². The third-order valence-corrected chi connectivity index (χ3v) is 9.04. The lowest BCUT2D eigenvalue weighted by molar-refractivity contribution is -0.116. The first-order valence-corrected chi connectivity index (χ1v) is 14.0. The first kappa shape index (κ1) is 23.4. The average Bonchev–Trinajstić information content (AvgIpc) is 3.20. The molecule has 0 amide bonds. The van der Waals surface area contributed by atoms with Gasteiger partial charge in [-0.25, -0.2) is 0 Å². The molecule has 4 atom stereocenters. The first-order valence-electron chi connectivity index (χ1n) is 12.2. The maximum absolute atomic E-state index is 14.3. The molecule has 6 rings (SSSR count). The highest BCUT2D eigenvalue weighted by Crippen LogP contribution is 2.43. The molecule has 4 unspecified atom stereocenters. The lowest BCUT2D eigenvalue weighted by Gasteiger charge is -2.26. The summed E-state index contributed by atoms with van der Waals surface area (Å²) in [4.78, 5) is 13.4. The quantitative estimate of drug-likeness (QED) is 0.324. The Kier molecular flexibility index (Phi) is 6.37. The summed E-state index contributed by atoms with van der Waals surface area (Å²) in [7, 11) is 0. The van der Waals surface area contributed by atoms with Gasteiger partial charge in [-0.3, -0.25) is 4.79 Å². The summed E-state index contributed by atoms with van der Waals surface area (Å²) in [6.07, 6.45) is 25.7. The van der Waals surface area contributed by atoms with E-state index in [1.165, 1.54) is 0 Å². The van der Waals surface area contributed by atoms with Gasteiger partial charge in [0.2, 0.25) is 0 Å². The molecule has 0 aliphatic heterocycles. The van der Waals surface area contributed by atoms with E-state index in [9.17, 15) is 4.79 Å². The van der Waals surface area contributed by atoms with Gasteiger partial charge in [0.1, 0.15) is 9.65 Å². The highest BCUT2D eigenvalue weighted by molar-refractivity contribution is 9.11.